The Bertz CT molecular complexity index is 1180. The SMILES string of the molecule is Cc1ccnc(Nc2cc(N3CCN(C(=O)Cn4cnc(C)cc4=O)CC3)nc(C)n2)c1. The van der Waals surface area contributed by atoms with Gasteiger partial charge in [0.05, 0.1) is 6.33 Å². The molecule has 1 aliphatic rings. The summed E-state index contributed by atoms with van der Waals surface area (Å²) in [6.45, 7) is 8.00. The molecule has 32 heavy (non-hydrogen) atoms. The van der Waals surface area contributed by atoms with Crippen LogP contribution < -0.4 is 15.8 Å². The maximum atomic E-state index is 12.7. The van der Waals surface area contributed by atoms with Crippen LogP contribution in [0.2, 0.25) is 0 Å². The Balaban J connectivity index is 1.40. The van der Waals surface area contributed by atoms with Gasteiger partial charge in [0.1, 0.15) is 29.8 Å². The van der Waals surface area contributed by atoms with E-state index < -0.39 is 0 Å². The lowest BCUT2D eigenvalue weighted by atomic mass is 10.3. The number of aryl methyl sites for hydroxylation is 3. The zero-order valence-electron chi connectivity index (χ0n) is 18.4. The topological polar surface area (TPSA) is 109 Å². The van der Waals surface area contributed by atoms with Crippen LogP contribution in [-0.2, 0) is 11.3 Å². The van der Waals surface area contributed by atoms with Gasteiger partial charge in [-0.2, -0.15) is 0 Å². The summed E-state index contributed by atoms with van der Waals surface area (Å²) in [5.74, 6) is 2.77. The molecule has 4 heterocycles. The molecule has 1 amide bonds. The van der Waals surface area contributed by atoms with Crippen LogP contribution in [0.25, 0.3) is 0 Å². The first-order valence-electron chi connectivity index (χ1n) is 10.5. The smallest absolute Gasteiger partial charge is 0.253 e. The Hall–Kier alpha value is -3.82. The van der Waals surface area contributed by atoms with Crippen molar-refractivity contribution in [3.8, 4) is 0 Å². The normalized spacial score (nSPS) is 13.8. The van der Waals surface area contributed by atoms with Crippen molar-refractivity contribution in [2.24, 2.45) is 0 Å². The summed E-state index contributed by atoms with van der Waals surface area (Å²) in [7, 11) is 0. The third kappa shape index (κ3) is 5.08. The Morgan fingerprint density at radius 3 is 2.50 bits per heavy atom. The molecule has 1 aliphatic heterocycles. The number of pyridine rings is 1. The van der Waals surface area contributed by atoms with Crippen molar-refractivity contribution in [2.45, 2.75) is 27.3 Å². The zero-order valence-corrected chi connectivity index (χ0v) is 18.4. The molecule has 0 spiro atoms. The average molecular weight is 435 g/mol. The predicted molar refractivity (Wildman–Crippen MR) is 121 cm³/mol. The third-order valence-corrected chi connectivity index (χ3v) is 5.27. The van der Waals surface area contributed by atoms with Gasteiger partial charge in [-0.15, -0.1) is 0 Å². The first-order valence-corrected chi connectivity index (χ1v) is 10.5. The number of hydrogen-bond acceptors (Lipinski definition) is 8. The first-order chi connectivity index (χ1) is 15.4. The minimum absolute atomic E-state index is 0.00368. The monoisotopic (exact) mass is 434 g/mol. The number of piperazine rings is 1. The van der Waals surface area contributed by atoms with E-state index in [0.717, 1.165) is 17.2 Å². The summed E-state index contributed by atoms with van der Waals surface area (Å²) in [5, 5.41) is 3.24. The molecule has 0 bridgehead atoms. The largest absolute Gasteiger partial charge is 0.353 e. The molecule has 1 N–H and O–H groups in total. The van der Waals surface area contributed by atoms with E-state index in [0.29, 0.717) is 43.5 Å². The second-order valence-electron chi connectivity index (χ2n) is 7.87. The molecule has 1 saturated heterocycles. The van der Waals surface area contributed by atoms with Crippen molar-refractivity contribution in [3.05, 3.63) is 64.2 Å². The van der Waals surface area contributed by atoms with Crippen LogP contribution in [0.5, 0.6) is 0 Å². The molecule has 0 radical (unpaired) electrons. The minimum atomic E-state index is -0.218. The van der Waals surface area contributed by atoms with Gasteiger partial charge in [0.2, 0.25) is 5.91 Å². The number of amides is 1. The van der Waals surface area contributed by atoms with Crippen molar-refractivity contribution >= 4 is 23.4 Å². The van der Waals surface area contributed by atoms with Gasteiger partial charge in [0.15, 0.2) is 0 Å². The molecule has 0 aliphatic carbocycles. The second-order valence-corrected chi connectivity index (χ2v) is 7.87. The van der Waals surface area contributed by atoms with Gasteiger partial charge in [-0.05, 0) is 38.5 Å². The van der Waals surface area contributed by atoms with Crippen molar-refractivity contribution < 1.29 is 4.79 Å². The Labute approximate surface area is 186 Å². The van der Waals surface area contributed by atoms with Crippen LogP contribution in [0, 0.1) is 20.8 Å². The zero-order chi connectivity index (χ0) is 22.7. The van der Waals surface area contributed by atoms with Gasteiger partial charge in [0.25, 0.3) is 5.56 Å². The first kappa shape index (κ1) is 21.4. The number of aromatic nitrogens is 5. The summed E-state index contributed by atoms with van der Waals surface area (Å²) >= 11 is 0. The Morgan fingerprint density at radius 2 is 1.78 bits per heavy atom. The molecule has 0 aromatic carbocycles. The third-order valence-electron chi connectivity index (χ3n) is 5.27. The Kier molecular flexibility index (Phi) is 6.11. The summed E-state index contributed by atoms with van der Waals surface area (Å²) < 4.78 is 1.34. The van der Waals surface area contributed by atoms with Crippen molar-refractivity contribution in [1.29, 1.82) is 0 Å². The predicted octanol–water partition coefficient (Wildman–Crippen LogP) is 1.45. The van der Waals surface area contributed by atoms with E-state index in [-0.39, 0.29) is 18.0 Å². The van der Waals surface area contributed by atoms with Crippen molar-refractivity contribution in [3.63, 3.8) is 0 Å². The summed E-state index contributed by atoms with van der Waals surface area (Å²) in [4.78, 5) is 46.1. The van der Waals surface area contributed by atoms with E-state index in [1.165, 1.54) is 17.0 Å². The fourth-order valence-corrected chi connectivity index (χ4v) is 3.58. The van der Waals surface area contributed by atoms with Gasteiger partial charge in [-0.3, -0.25) is 14.2 Å². The quantitative estimate of drug-likeness (QED) is 0.643. The molecular formula is C22H26N8O2. The van der Waals surface area contributed by atoms with E-state index in [4.69, 9.17) is 0 Å². The van der Waals surface area contributed by atoms with Crippen LogP contribution in [0.4, 0.5) is 17.5 Å². The van der Waals surface area contributed by atoms with Crippen LogP contribution >= 0.6 is 0 Å². The van der Waals surface area contributed by atoms with E-state index in [2.05, 4.69) is 30.2 Å². The van der Waals surface area contributed by atoms with Crippen LogP contribution in [0.15, 0.2) is 41.6 Å². The summed E-state index contributed by atoms with van der Waals surface area (Å²) in [5.41, 5.74) is 1.53. The van der Waals surface area contributed by atoms with Gasteiger partial charge in [-0.1, -0.05) is 0 Å². The molecule has 0 saturated carbocycles. The molecule has 1 fully saturated rings. The highest BCUT2D eigenvalue weighted by molar-refractivity contribution is 5.76. The van der Waals surface area contributed by atoms with Gasteiger partial charge >= 0.3 is 0 Å². The maximum absolute atomic E-state index is 12.7. The van der Waals surface area contributed by atoms with Gasteiger partial charge in [0, 0.05) is 50.2 Å². The van der Waals surface area contributed by atoms with E-state index in [1.54, 1.807) is 18.0 Å². The fraction of sp³-hybridized carbons (Fsp3) is 0.364. The molecule has 10 nitrogen and oxygen atoms in total. The fourth-order valence-electron chi connectivity index (χ4n) is 3.58. The number of rotatable bonds is 5. The molecule has 4 rings (SSSR count). The molecule has 166 valence electrons. The highest BCUT2D eigenvalue weighted by Gasteiger charge is 2.23. The molecule has 3 aromatic heterocycles. The molecule has 10 heteroatoms. The number of anilines is 3. The van der Waals surface area contributed by atoms with Crippen LogP contribution in [0.3, 0.4) is 0 Å². The highest BCUT2D eigenvalue weighted by Crippen LogP contribution is 2.20. The number of carbonyl (C=O) groups excluding carboxylic acids is 1. The van der Waals surface area contributed by atoms with Crippen molar-refractivity contribution in [1.82, 2.24) is 29.4 Å². The standard InChI is InChI=1S/C22H26N8O2/c1-15-4-5-23-18(10-15)27-19-12-20(26-17(3)25-19)28-6-8-29(9-7-28)22(32)13-30-14-24-16(2)11-21(30)31/h4-5,10-12,14H,6-9,13H2,1-3H3,(H,23,25,26,27). The molecule has 0 unspecified atom stereocenters. The van der Waals surface area contributed by atoms with E-state index in [1.807, 2.05) is 32.0 Å². The maximum Gasteiger partial charge on any atom is 0.253 e. The lowest BCUT2D eigenvalue weighted by Crippen LogP contribution is -2.50. The number of carbonyl (C=O) groups is 1. The number of hydrogen-bond donors (Lipinski definition) is 1. The van der Waals surface area contributed by atoms with Crippen LogP contribution in [-0.4, -0.2) is 61.5 Å². The van der Waals surface area contributed by atoms with Gasteiger partial charge in [-0.25, -0.2) is 19.9 Å². The van der Waals surface area contributed by atoms with Crippen molar-refractivity contribution in [2.75, 3.05) is 36.4 Å². The average Bonchev–Trinajstić information content (AvgIpc) is 2.75. The van der Waals surface area contributed by atoms with Crippen LogP contribution in [0.1, 0.15) is 17.1 Å². The Morgan fingerprint density at radius 1 is 1.00 bits per heavy atom. The molecular weight excluding hydrogens is 408 g/mol. The van der Waals surface area contributed by atoms with E-state index >= 15 is 0 Å². The lowest BCUT2D eigenvalue weighted by Gasteiger charge is -2.35. The molecule has 3 aromatic rings. The number of nitrogens with one attached hydrogen (secondary N) is 1. The van der Waals surface area contributed by atoms with Gasteiger partial charge < -0.3 is 15.1 Å². The molecule has 0 atom stereocenters. The second kappa shape index (κ2) is 9.13. The lowest BCUT2D eigenvalue weighted by molar-refractivity contribution is -0.132. The summed E-state index contributed by atoms with van der Waals surface area (Å²) in [6.07, 6.45) is 3.18. The highest BCUT2D eigenvalue weighted by atomic mass is 16.2. The summed E-state index contributed by atoms with van der Waals surface area (Å²) in [6, 6.07) is 7.22. The number of nitrogens with zero attached hydrogens (tertiary/aromatic N) is 7. The minimum Gasteiger partial charge on any atom is -0.353 e. The van der Waals surface area contributed by atoms with E-state index in [9.17, 15) is 9.59 Å².